The minimum Gasteiger partial charge on any atom is -0.481 e. The zero-order chi connectivity index (χ0) is 13.4. The maximum absolute atomic E-state index is 11.4. The molecule has 0 aliphatic heterocycles. The van der Waals surface area contributed by atoms with Crippen molar-refractivity contribution in [3.05, 3.63) is 29.8 Å². The van der Waals surface area contributed by atoms with E-state index in [-0.39, 0.29) is 12.5 Å². The van der Waals surface area contributed by atoms with Gasteiger partial charge in [-0.25, -0.2) is 4.79 Å². The fourth-order valence-electron chi connectivity index (χ4n) is 1.36. The summed E-state index contributed by atoms with van der Waals surface area (Å²) in [5.74, 6) is 1.50. The second kappa shape index (κ2) is 6.97. The van der Waals surface area contributed by atoms with Crippen molar-refractivity contribution in [2.45, 2.75) is 12.8 Å². The number of terminal acetylenes is 1. The van der Waals surface area contributed by atoms with E-state index in [0.717, 1.165) is 0 Å². The number of benzene rings is 1. The topological polar surface area (TPSA) is 78.4 Å². The van der Waals surface area contributed by atoms with Gasteiger partial charge in [0.25, 0.3) is 0 Å². The number of anilines is 1. The highest BCUT2D eigenvalue weighted by atomic mass is 16.4. The highest BCUT2D eigenvalue weighted by molar-refractivity contribution is 5.89. The van der Waals surface area contributed by atoms with Gasteiger partial charge in [0.15, 0.2) is 0 Å². The van der Waals surface area contributed by atoms with Crippen LogP contribution in [0.1, 0.15) is 12.0 Å². The summed E-state index contributed by atoms with van der Waals surface area (Å²) in [7, 11) is 0. The molecule has 0 heterocycles. The van der Waals surface area contributed by atoms with Crippen LogP contribution >= 0.6 is 0 Å². The molecule has 0 unspecified atom stereocenters. The molecule has 1 aromatic carbocycles. The SMILES string of the molecule is C#CCCNC(=O)Nc1cccc(CC(=O)O)c1. The van der Waals surface area contributed by atoms with Gasteiger partial charge < -0.3 is 15.7 Å². The molecule has 5 heteroatoms. The molecule has 0 aromatic heterocycles. The molecule has 0 aliphatic carbocycles. The molecule has 0 bridgehead atoms. The Morgan fingerprint density at radius 3 is 2.83 bits per heavy atom. The van der Waals surface area contributed by atoms with Crippen LogP contribution in [0.4, 0.5) is 10.5 Å². The Morgan fingerprint density at radius 2 is 2.17 bits per heavy atom. The van der Waals surface area contributed by atoms with Gasteiger partial charge in [-0.1, -0.05) is 12.1 Å². The zero-order valence-electron chi connectivity index (χ0n) is 9.77. The molecule has 5 nitrogen and oxygen atoms in total. The molecule has 3 N–H and O–H groups in total. The molecule has 0 fully saturated rings. The second-order valence-corrected chi connectivity index (χ2v) is 3.61. The first-order chi connectivity index (χ1) is 8.61. The fraction of sp³-hybridized carbons (Fsp3) is 0.231. The van der Waals surface area contributed by atoms with E-state index in [4.69, 9.17) is 11.5 Å². The van der Waals surface area contributed by atoms with E-state index in [1.165, 1.54) is 0 Å². The summed E-state index contributed by atoms with van der Waals surface area (Å²) in [5.41, 5.74) is 1.18. The number of urea groups is 1. The minimum atomic E-state index is -0.911. The fourth-order valence-corrected chi connectivity index (χ4v) is 1.36. The van der Waals surface area contributed by atoms with Gasteiger partial charge in [-0.2, -0.15) is 0 Å². The monoisotopic (exact) mass is 246 g/mol. The largest absolute Gasteiger partial charge is 0.481 e. The molecule has 94 valence electrons. The van der Waals surface area contributed by atoms with E-state index < -0.39 is 5.97 Å². The van der Waals surface area contributed by atoms with E-state index >= 15 is 0 Å². The number of carbonyl (C=O) groups is 2. The average molecular weight is 246 g/mol. The Kier molecular flexibility index (Phi) is 5.26. The van der Waals surface area contributed by atoms with Crippen LogP contribution in [0, 0.1) is 12.3 Å². The van der Waals surface area contributed by atoms with Crippen molar-refractivity contribution in [1.29, 1.82) is 0 Å². The number of nitrogens with one attached hydrogen (secondary N) is 2. The van der Waals surface area contributed by atoms with Gasteiger partial charge in [-0.15, -0.1) is 12.3 Å². The van der Waals surface area contributed by atoms with Gasteiger partial charge in [0.1, 0.15) is 0 Å². The Hall–Kier alpha value is -2.48. The number of amides is 2. The van der Waals surface area contributed by atoms with Crippen LogP contribution in [0.2, 0.25) is 0 Å². The third-order valence-corrected chi connectivity index (χ3v) is 2.10. The van der Waals surface area contributed by atoms with Crippen molar-refractivity contribution in [2.75, 3.05) is 11.9 Å². The Labute approximate surface area is 105 Å². The van der Waals surface area contributed by atoms with E-state index in [1.54, 1.807) is 24.3 Å². The van der Waals surface area contributed by atoms with Gasteiger partial charge >= 0.3 is 12.0 Å². The van der Waals surface area contributed by atoms with Crippen LogP contribution in [0.15, 0.2) is 24.3 Å². The molecule has 0 spiro atoms. The molecule has 1 rings (SSSR count). The average Bonchev–Trinajstić information content (AvgIpc) is 2.28. The third kappa shape index (κ3) is 5.03. The number of carboxylic acids is 1. The van der Waals surface area contributed by atoms with Gasteiger partial charge in [-0.3, -0.25) is 4.79 Å². The lowest BCUT2D eigenvalue weighted by Gasteiger charge is -2.07. The predicted octanol–water partition coefficient (Wildman–Crippen LogP) is 1.46. The lowest BCUT2D eigenvalue weighted by Crippen LogP contribution is -2.29. The number of hydrogen-bond acceptors (Lipinski definition) is 2. The Morgan fingerprint density at radius 1 is 1.39 bits per heavy atom. The highest BCUT2D eigenvalue weighted by Gasteiger charge is 2.03. The molecule has 0 radical (unpaired) electrons. The summed E-state index contributed by atoms with van der Waals surface area (Å²) < 4.78 is 0. The molecule has 0 aliphatic rings. The standard InChI is InChI=1S/C13H14N2O3/c1-2-3-7-14-13(18)15-11-6-4-5-10(8-11)9-12(16)17/h1,4-6,8H,3,7,9H2,(H,16,17)(H2,14,15,18). The molecule has 0 atom stereocenters. The molecule has 0 saturated carbocycles. The quantitative estimate of drug-likeness (QED) is 0.543. The van der Waals surface area contributed by atoms with E-state index in [1.807, 2.05) is 0 Å². The summed E-state index contributed by atoms with van der Waals surface area (Å²) in [5, 5.41) is 13.9. The van der Waals surface area contributed by atoms with E-state index in [2.05, 4.69) is 16.6 Å². The van der Waals surface area contributed by atoms with Crippen molar-refractivity contribution in [3.8, 4) is 12.3 Å². The lowest BCUT2D eigenvalue weighted by molar-refractivity contribution is -0.136. The third-order valence-electron chi connectivity index (χ3n) is 2.10. The van der Waals surface area contributed by atoms with Crippen molar-refractivity contribution >= 4 is 17.7 Å². The van der Waals surface area contributed by atoms with Gasteiger partial charge in [0.2, 0.25) is 0 Å². The predicted molar refractivity (Wildman–Crippen MR) is 68.3 cm³/mol. The lowest BCUT2D eigenvalue weighted by atomic mass is 10.1. The van der Waals surface area contributed by atoms with Crippen LogP contribution in [-0.2, 0) is 11.2 Å². The molecule has 1 aromatic rings. The van der Waals surface area contributed by atoms with E-state index in [9.17, 15) is 9.59 Å². The highest BCUT2D eigenvalue weighted by Crippen LogP contribution is 2.11. The molecule has 18 heavy (non-hydrogen) atoms. The second-order valence-electron chi connectivity index (χ2n) is 3.61. The summed E-state index contributed by atoms with van der Waals surface area (Å²) in [6.07, 6.45) is 5.45. The summed E-state index contributed by atoms with van der Waals surface area (Å²) in [6.45, 7) is 0.400. The van der Waals surface area contributed by atoms with Crippen LogP contribution in [0.25, 0.3) is 0 Å². The smallest absolute Gasteiger partial charge is 0.319 e. The summed E-state index contributed by atoms with van der Waals surface area (Å²) in [6, 6.07) is 6.32. The van der Waals surface area contributed by atoms with Crippen LogP contribution in [-0.4, -0.2) is 23.7 Å². The van der Waals surface area contributed by atoms with Crippen molar-refractivity contribution in [3.63, 3.8) is 0 Å². The Bertz CT molecular complexity index is 477. The summed E-state index contributed by atoms with van der Waals surface area (Å²) >= 11 is 0. The zero-order valence-corrected chi connectivity index (χ0v) is 9.77. The maximum atomic E-state index is 11.4. The van der Waals surface area contributed by atoms with Crippen molar-refractivity contribution in [2.24, 2.45) is 0 Å². The van der Waals surface area contributed by atoms with Gasteiger partial charge in [0.05, 0.1) is 6.42 Å². The summed E-state index contributed by atoms with van der Waals surface area (Å²) in [4.78, 5) is 22.0. The number of rotatable bonds is 5. The normalized spacial score (nSPS) is 9.28. The van der Waals surface area contributed by atoms with Crippen LogP contribution < -0.4 is 10.6 Å². The van der Waals surface area contributed by atoms with Crippen molar-refractivity contribution in [1.82, 2.24) is 5.32 Å². The first-order valence-electron chi connectivity index (χ1n) is 5.41. The van der Waals surface area contributed by atoms with Gasteiger partial charge in [-0.05, 0) is 17.7 Å². The Balaban J connectivity index is 2.54. The number of hydrogen-bond donors (Lipinski definition) is 3. The van der Waals surface area contributed by atoms with Gasteiger partial charge in [0, 0.05) is 18.7 Å². The molecule has 0 saturated heterocycles. The van der Waals surface area contributed by atoms with Crippen LogP contribution in [0.5, 0.6) is 0 Å². The molecule has 2 amide bonds. The number of carboxylic acid groups (broad SMARTS) is 1. The molecular formula is C13H14N2O3. The number of carbonyl (C=O) groups excluding carboxylic acids is 1. The first-order valence-corrected chi connectivity index (χ1v) is 5.41. The van der Waals surface area contributed by atoms with E-state index in [0.29, 0.717) is 24.2 Å². The van der Waals surface area contributed by atoms with Crippen molar-refractivity contribution < 1.29 is 14.7 Å². The maximum Gasteiger partial charge on any atom is 0.319 e. The molecular weight excluding hydrogens is 232 g/mol. The van der Waals surface area contributed by atoms with Crippen LogP contribution in [0.3, 0.4) is 0 Å². The first kappa shape index (κ1) is 13.6. The number of aliphatic carboxylic acids is 1. The minimum absolute atomic E-state index is 0.0752.